The van der Waals surface area contributed by atoms with Crippen LogP contribution in [-0.4, -0.2) is 46.1 Å². The van der Waals surface area contributed by atoms with E-state index in [1.807, 2.05) is 19.2 Å². The lowest BCUT2D eigenvalue weighted by Crippen LogP contribution is -2.43. The van der Waals surface area contributed by atoms with Gasteiger partial charge in [0, 0.05) is 26.7 Å². The van der Waals surface area contributed by atoms with Crippen molar-refractivity contribution in [1.82, 2.24) is 9.62 Å². The Balaban J connectivity index is 2.30. The van der Waals surface area contributed by atoms with E-state index < -0.39 is 10.0 Å². The average molecular weight is 298 g/mol. The van der Waals surface area contributed by atoms with Crippen molar-refractivity contribution in [3.05, 3.63) is 29.8 Å². The zero-order valence-corrected chi connectivity index (χ0v) is 12.8. The maximum atomic E-state index is 12.8. The van der Waals surface area contributed by atoms with Crippen molar-refractivity contribution in [2.24, 2.45) is 0 Å². The summed E-state index contributed by atoms with van der Waals surface area (Å²) in [5, 5.41) is 3.01. The van der Waals surface area contributed by atoms with Gasteiger partial charge in [-0.2, -0.15) is 4.31 Å². The molecule has 0 aliphatic carbocycles. The minimum Gasteiger partial charge on any atom is -0.380 e. The molecule has 1 N–H and O–H groups in total. The number of piperidine rings is 1. The van der Waals surface area contributed by atoms with Crippen LogP contribution in [0.4, 0.5) is 0 Å². The lowest BCUT2D eigenvalue weighted by Gasteiger charge is -2.31. The molecule has 1 aromatic rings. The van der Waals surface area contributed by atoms with Crippen LogP contribution < -0.4 is 5.32 Å². The molecule has 2 rings (SSSR count). The van der Waals surface area contributed by atoms with Crippen molar-refractivity contribution < 1.29 is 13.2 Å². The third-order valence-electron chi connectivity index (χ3n) is 3.63. The number of ether oxygens (including phenoxy) is 1. The van der Waals surface area contributed by atoms with Crippen LogP contribution in [0.5, 0.6) is 0 Å². The SMILES string of the molecule is CNCc1ccccc1S(=O)(=O)N1CCCC(OC)C1. The van der Waals surface area contributed by atoms with Gasteiger partial charge in [0.15, 0.2) is 0 Å². The highest BCUT2D eigenvalue weighted by Gasteiger charge is 2.31. The van der Waals surface area contributed by atoms with Crippen LogP contribution in [0.3, 0.4) is 0 Å². The second-order valence-electron chi connectivity index (χ2n) is 5.00. The summed E-state index contributed by atoms with van der Waals surface area (Å²) < 4.78 is 32.4. The fourth-order valence-electron chi connectivity index (χ4n) is 2.55. The predicted octanol–water partition coefficient (Wildman–Crippen LogP) is 1.21. The van der Waals surface area contributed by atoms with Crippen LogP contribution in [-0.2, 0) is 21.3 Å². The van der Waals surface area contributed by atoms with Gasteiger partial charge in [0.2, 0.25) is 10.0 Å². The molecule has 1 aromatic carbocycles. The van der Waals surface area contributed by atoms with Crippen molar-refractivity contribution in [3.8, 4) is 0 Å². The highest BCUT2D eigenvalue weighted by molar-refractivity contribution is 7.89. The standard InChI is InChI=1S/C14H22N2O3S/c1-15-10-12-6-3-4-8-14(12)20(17,18)16-9-5-7-13(11-16)19-2/h3-4,6,8,13,15H,5,7,9-11H2,1-2H3. The Morgan fingerprint density at radius 3 is 2.85 bits per heavy atom. The topological polar surface area (TPSA) is 58.6 Å². The molecule has 0 amide bonds. The number of sulfonamides is 1. The first-order valence-corrected chi connectivity index (χ1v) is 8.29. The lowest BCUT2D eigenvalue weighted by atomic mass is 10.1. The van der Waals surface area contributed by atoms with Gasteiger partial charge in [-0.15, -0.1) is 0 Å². The Morgan fingerprint density at radius 2 is 2.15 bits per heavy atom. The number of hydrogen-bond donors (Lipinski definition) is 1. The van der Waals surface area contributed by atoms with Crippen LogP contribution in [0.1, 0.15) is 18.4 Å². The van der Waals surface area contributed by atoms with Crippen LogP contribution in [0.2, 0.25) is 0 Å². The molecule has 1 fully saturated rings. The van der Waals surface area contributed by atoms with Gasteiger partial charge >= 0.3 is 0 Å². The number of nitrogens with zero attached hydrogens (tertiary/aromatic N) is 1. The number of rotatable bonds is 5. The highest BCUT2D eigenvalue weighted by atomic mass is 32.2. The molecule has 0 saturated carbocycles. The zero-order chi connectivity index (χ0) is 14.6. The largest absolute Gasteiger partial charge is 0.380 e. The normalized spacial score (nSPS) is 21.0. The van der Waals surface area contributed by atoms with Crippen LogP contribution >= 0.6 is 0 Å². The first-order chi connectivity index (χ1) is 9.59. The molecule has 1 saturated heterocycles. The minimum atomic E-state index is -3.44. The Bertz CT molecular complexity index is 545. The van der Waals surface area contributed by atoms with Crippen LogP contribution in [0.25, 0.3) is 0 Å². The summed E-state index contributed by atoms with van der Waals surface area (Å²) in [6.07, 6.45) is 1.75. The number of benzene rings is 1. The lowest BCUT2D eigenvalue weighted by molar-refractivity contribution is 0.0571. The maximum absolute atomic E-state index is 12.8. The van der Waals surface area contributed by atoms with E-state index in [1.165, 1.54) is 0 Å². The number of nitrogens with one attached hydrogen (secondary N) is 1. The smallest absolute Gasteiger partial charge is 0.243 e. The molecule has 1 unspecified atom stereocenters. The van der Waals surface area contributed by atoms with Gasteiger partial charge in [-0.25, -0.2) is 8.42 Å². The van der Waals surface area contributed by atoms with E-state index in [1.54, 1.807) is 23.5 Å². The molecule has 20 heavy (non-hydrogen) atoms. The van der Waals surface area contributed by atoms with Crippen LogP contribution in [0.15, 0.2) is 29.2 Å². The fraction of sp³-hybridized carbons (Fsp3) is 0.571. The Hall–Kier alpha value is -0.950. The average Bonchev–Trinajstić information content (AvgIpc) is 2.48. The molecule has 6 heteroatoms. The molecule has 1 atom stereocenters. The third-order valence-corrected chi connectivity index (χ3v) is 5.60. The Morgan fingerprint density at radius 1 is 1.40 bits per heavy atom. The van der Waals surface area contributed by atoms with Crippen LogP contribution in [0, 0.1) is 0 Å². The van der Waals surface area contributed by atoms with Gasteiger partial charge in [0.05, 0.1) is 11.0 Å². The summed E-state index contributed by atoms with van der Waals surface area (Å²) in [4.78, 5) is 0.395. The fourth-order valence-corrected chi connectivity index (χ4v) is 4.28. The zero-order valence-electron chi connectivity index (χ0n) is 12.0. The molecular formula is C14H22N2O3S. The number of methoxy groups -OCH3 is 1. The quantitative estimate of drug-likeness (QED) is 0.887. The molecule has 0 bridgehead atoms. The van der Waals surface area contributed by atoms with Gasteiger partial charge in [0.25, 0.3) is 0 Å². The van der Waals surface area contributed by atoms with Gasteiger partial charge in [-0.3, -0.25) is 0 Å². The third kappa shape index (κ3) is 3.20. The van der Waals surface area contributed by atoms with Crippen molar-refractivity contribution in [1.29, 1.82) is 0 Å². The van der Waals surface area contributed by atoms with E-state index in [9.17, 15) is 8.42 Å². The van der Waals surface area contributed by atoms with Gasteiger partial charge in [-0.1, -0.05) is 18.2 Å². The van der Waals surface area contributed by atoms with E-state index in [4.69, 9.17) is 4.74 Å². The molecule has 0 spiro atoms. The van der Waals surface area contributed by atoms with E-state index in [-0.39, 0.29) is 6.10 Å². The summed E-state index contributed by atoms with van der Waals surface area (Å²) in [5.74, 6) is 0. The van der Waals surface area contributed by atoms with Gasteiger partial charge < -0.3 is 10.1 Å². The second-order valence-corrected chi connectivity index (χ2v) is 6.91. The number of hydrogen-bond acceptors (Lipinski definition) is 4. The molecule has 1 heterocycles. The molecule has 1 aliphatic heterocycles. The monoisotopic (exact) mass is 298 g/mol. The van der Waals surface area contributed by atoms with Gasteiger partial charge in [-0.05, 0) is 31.5 Å². The highest BCUT2D eigenvalue weighted by Crippen LogP contribution is 2.24. The molecule has 112 valence electrons. The summed E-state index contributed by atoms with van der Waals surface area (Å²) in [6.45, 7) is 1.54. The summed E-state index contributed by atoms with van der Waals surface area (Å²) in [6, 6.07) is 7.16. The molecule has 0 aromatic heterocycles. The Kier molecular flexibility index (Phi) is 5.15. The van der Waals surface area contributed by atoms with E-state index in [2.05, 4.69) is 5.32 Å². The van der Waals surface area contributed by atoms with Crippen molar-refractivity contribution >= 4 is 10.0 Å². The van der Waals surface area contributed by atoms with E-state index in [0.717, 1.165) is 18.4 Å². The molecule has 1 aliphatic rings. The summed E-state index contributed by atoms with van der Waals surface area (Å²) in [7, 11) is 0.000859. The van der Waals surface area contributed by atoms with Gasteiger partial charge in [0.1, 0.15) is 0 Å². The molecular weight excluding hydrogens is 276 g/mol. The first-order valence-electron chi connectivity index (χ1n) is 6.85. The first kappa shape index (κ1) is 15.4. The Labute approximate surface area is 121 Å². The van der Waals surface area contributed by atoms with Crippen molar-refractivity contribution in [3.63, 3.8) is 0 Å². The minimum absolute atomic E-state index is 0.00464. The summed E-state index contributed by atoms with van der Waals surface area (Å²) >= 11 is 0. The molecule has 0 radical (unpaired) electrons. The van der Waals surface area contributed by atoms with E-state index >= 15 is 0 Å². The van der Waals surface area contributed by atoms with E-state index in [0.29, 0.717) is 24.5 Å². The summed E-state index contributed by atoms with van der Waals surface area (Å²) in [5.41, 5.74) is 0.801. The molecule has 5 nitrogen and oxygen atoms in total. The second kappa shape index (κ2) is 6.67. The maximum Gasteiger partial charge on any atom is 0.243 e. The predicted molar refractivity (Wildman–Crippen MR) is 78.0 cm³/mol. The van der Waals surface area contributed by atoms with Crippen molar-refractivity contribution in [2.45, 2.75) is 30.4 Å². The van der Waals surface area contributed by atoms with Crippen molar-refractivity contribution in [2.75, 3.05) is 27.2 Å².